The van der Waals surface area contributed by atoms with Crippen LogP contribution in [0.3, 0.4) is 0 Å². The Kier molecular flexibility index (Phi) is 3.83. The molecule has 0 bridgehead atoms. The molecule has 2 rings (SSSR count). The van der Waals surface area contributed by atoms with E-state index in [-0.39, 0.29) is 0 Å². The quantitative estimate of drug-likeness (QED) is 0.844. The molecule has 1 atom stereocenters. The predicted octanol–water partition coefficient (Wildman–Crippen LogP) is 4.25. The summed E-state index contributed by atoms with van der Waals surface area (Å²) >= 11 is 0. The third-order valence-electron chi connectivity index (χ3n) is 3.54. The van der Waals surface area contributed by atoms with Crippen LogP contribution in [0.2, 0.25) is 0 Å². The van der Waals surface area contributed by atoms with E-state index in [1.54, 1.807) is 0 Å². The Balaban J connectivity index is 2.34. The minimum Gasteiger partial charge on any atom is -0.313 e. The fourth-order valence-electron chi connectivity index (χ4n) is 2.26. The molecule has 18 heavy (non-hydrogen) atoms. The van der Waals surface area contributed by atoms with Crippen molar-refractivity contribution in [2.24, 2.45) is 0 Å². The molecule has 0 spiro atoms. The van der Waals surface area contributed by atoms with Crippen molar-refractivity contribution in [2.45, 2.75) is 26.8 Å². The molecule has 1 nitrogen and oxygen atoms in total. The van der Waals surface area contributed by atoms with Crippen LogP contribution in [0.15, 0.2) is 42.5 Å². The summed E-state index contributed by atoms with van der Waals surface area (Å²) in [5.41, 5.74) is 6.59. The van der Waals surface area contributed by atoms with Gasteiger partial charge < -0.3 is 5.32 Å². The van der Waals surface area contributed by atoms with Crippen molar-refractivity contribution in [2.75, 3.05) is 7.05 Å². The zero-order valence-electron chi connectivity index (χ0n) is 11.6. The lowest BCUT2D eigenvalue weighted by atomic mass is 9.97. The Morgan fingerprint density at radius 2 is 1.61 bits per heavy atom. The van der Waals surface area contributed by atoms with Gasteiger partial charge in [-0.05, 0) is 50.1 Å². The average molecular weight is 239 g/mol. The lowest BCUT2D eigenvalue weighted by Crippen LogP contribution is -2.11. The van der Waals surface area contributed by atoms with Crippen molar-refractivity contribution in [1.82, 2.24) is 5.32 Å². The van der Waals surface area contributed by atoms with E-state index in [9.17, 15) is 0 Å². The number of benzene rings is 2. The van der Waals surface area contributed by atoms with E-state index in [1.807, 2.05) is 7.05 Å². The lowest BCUT2D eigenvalue weighted by molar-refractivity contribution is 0.652. The normalized spacial score (nSPS) is 12.4. The van der Waals surface area contributed by atoms with E-state index < -0.39 is 0 Å². The minimum atomic E-state index is 0.401. The molecule has 0 radical (unpaired) electrons. The molecule has 0 heterocycles. The molecule has 0 amide bonds. The molecule has 2 aromatic rings. The fourth-order valence-corrected chi connectivity index (χ4v) is 2.26. The minimum absolute atomic E-state index is 0.401. The van der Waals surface area contributed by atoms with Crippen molar-refractivity contribution < 1.29 is 0 Å². The molecule has 0 saturated carbocycles. The van der Waals surface area contributed by atoms with Crippen LogP contribution in [0, 0.1) is 13.8 Å². The number of aryl methyl sites for hydroxylation is 2. The Morgan fingerprint density at radius 1 is 0.944 bits per heavy atom. The van der Waals surface area contributed by atoms with Crippen LogP contribution in [-0.4, -0.2) is 7.05 Å². The number of hydrogen-bond donors (Lipinski definition) is 1. The molecule has 0 fully saturated rings. The largest absolute Gasteiger partial charge is 0.313 e. The second-order valence-electron chi connectivity index (χ2n) is 4.95. The highest BCUT2D eigenvalue weighted by Crippen LogP contribution is 2.25. The van der Waals surface area contributed by atoms with Gasteiger partial charge in [0.15, 0.2) is 0 Å². The van der Waals surface area contributed by atoms with Crippen molar-refractivity contribution >= 4 is 0 Å². The Morgan fingerprint density at radius 3 is 2.17 bits per heavy atom. The molecular weight excluding hydrogens is 218 g/mol. The first-order chi connectivity index (χ1) is 8.61. The van der Waals surface area contributed by atoms with Gasteiger partial charge >= 0.3 is 0 Å². The van der Waals surface area contributed by atoms with Crippen LogP contribution in [0.1, 0.15) is 29.7 Å². The summed E-state index contributed by atoms with van der Waals surface area (Å²) in [7, 11) is 1.99. The van der Waals surface area contributed by atoms with Gasteiger partial charge in [-0.15, -0.1) is 0 Å². The molecule has 2 aromatic carbocycles. The van der Waals surface area contributed by atoms with Gasteiger partial charge in [-0.25, -0.2) is 0 Å². The molecule has 1 unspecified atom stereocenters. The topological polar surface area (TPSA) is 12.0 Å². The number of nitrogens with one attached hydrogen (secondary N) is 1. The van der Waals surface area contributed by atoms with Gasteiger partial charge in [0.05, 0.1) is 0 Å². The van der Waals surface area contributed by atoms with Crippen LogP contribution in [-0.2, 0) is 0 Å². The SMILES string of the molecule is CNC(C)c1ccc(-c2ccc(C)cc2C)cc1. The van der Waals surface area contributed by atoms with Gasteiger partial charge in [-0.1, -0.05) is 48.0 Å². The summed E-state index contributed by atoms with van der Waals surface area (Å²) in [6.07, 6.45) is 0. The van der Waals surface area contributed by atoms with E-state index in [4.69, 9.17) is 0 Å². The van der Waals surface area contributed by atoms with Crippen molar-refractivity contribution in [3.8, 4) is 11.1 Å². The summed E-state index contributed by atoms with van der Waals surface area (Å²) in [4.78, 5) is 0. The highest BCUT2D eigenvalue weighted by atomic mass is 14.8. The third-order valence-corrected chi connectivity index (χ3v) is 3.54. The average Bonchev–Trinajstić information content (AvgIpc) is 2.38. The Bertz CT molecular complexity index is 526. The fraction of sp³-hybridized carbons (Fsp3) is 0.294. The molecule has 0 aromatic heterocycles. The first-order valence-electron chi connectivity index (χ1n) is 6.46. The lowest BCUT2D eigenvalue weighted by Gasteiger charge is -2.12. The van der Waals surface area contributed by atoms with E-state index in [2.05, 4.69) is 68.6 Å². The Labute approximate surface area is 110 Å². The van der Waals surface area contributed by atoms with E-state index in [1.165, 1.54) is 27.8 Å². The summed E-state index contributed by atoms with van der Waals surface area (Å²) in [5.74, 6) is 0. The van der Waals surface area contributed by atoms with Crippen molar-refractivity contribution in [3.63, 3.8) is 0 Å². The van der Waals surface area contributed by atoms with Crippen LogP contribution in [0.5, 0.6) is 0 Å². The van der Waals surface area contributed by atoms with Gasteiger partial charge in [0, 0.05) is 6.04 Å². The molecule has 0 aliphatic rings. The highest BCUT2D eigenvalue weighted by Gasteiger charge is 2.04. The molecule has 0 saturated heterocycles. The molecule has 1 heteroatoms. The van der Waals surface area contributed by atoms with E-state index in [0.717, 1.165) is 0 Å². The maximum Gasteiger partial charge on any atom is 0.0289 e. The number of hydrogen-bond acceptors (Lipinski definition) is 1. The zero-order valence-corrected chi connectivity index (χ0v) is 11.6. The monoisotopic (exact) mass is 239 g/mol. The first kappa shape index (κ1) is 12.8. The zero-order chi connectivity index (χ0) is 13.1. The molecule has 0 aliphatic heterocycles. The first-order valence-corrected chi connectivity index (χ1v) is 6.46. The van der Waals surface area contributed by atoms with Crippen molar-refractivity contribution in [3.05, 3.63) is 59.2 Å². The number of rotatable bonds is 3. The predicted molar refractivity (Wildman–Crippen MR) is 78.8 cm³/mol. The van der Waals surface area contributed by atoms with Crippen molar-refractivity contribution in [1.29, 1.82) is 0 Å². The maximum atomic E-state index is 3.26. The van der Waals surface area contributed by atoms with Gasteiger partial charge in [-0.2, -0.15) is 0 Å². The second-order valence-corrected chi connectivity index (χ2v) is 4.95. The third kappa shape index (κ3) is 2.62. The van der Waals surface area contributed by atoms with E-state index >= 15 is 0 Å². The van der Waals surface area contributed by atoms with Gasteiger partial charge in [0.25, 0.3) is 0 Å². The van der Waals surface area contributed by atoms with Crippen LogP contribution < -0.4 is 5.32 Å². The second kappa shape index (κ2) is 5.36. The summed E-state index contributed by atoms with van der Waals surface area (Å²) in [5, 5.41) is 3.26. The summed E-state index contributed by atoms with van der Waals surface area (Å²) < 4.78 is 0. The van der Waals surface area contributed by atoms with Gasteiger partial charge in [-0.3, -0.25) is 0 Å². The van der Waals surface area contributed by atoms with Crippen LogP contribution >= 0.6 is 0 Å². The standard InChI is InChI=1S/C17H21N/c1-12-5-10-17(13(2)11-12)16-8-6-15(7-9-16)14(3)18-4/h5-11,14,18H,1-4H3. The summed E-state index contributed by atoms with van der Waals surface area (Å²) in [6.45, 7) is 6.48. The molecular formula is C17H21N. The Hall–Kier alpha value is -1.60. The van der Waals surface area contributed by atoms with E-state index in [0.29, 0.717) is 6.04 Å². The highest BCUT2D eigenvalue weighted by molar-refractivity contribution is 5.67. The molecule has 1 N–H and O–H groups in total. The van der Waals surface area contributed by atoms with Gasteiger partial charge in [0.1, 0.15) is 0 Å². The smallest absolute Gasteiger partial charge is 0.0289 e. The van der Waals surface area contributed by atoms with Gasteiger partial charge in [0.2, 0.25) is 0 Å². The van der Waals surface area contributed by atoms with Crippen LogP contribution in [0.25, 0.3) is 11.1 Å². The molecule has 0 aliphatic carbocycles. The summed E-state index contributed by atoms with van der Waals surface area (Å²) in [6, 6.07) is 15.8. The maximum absolute atomic E-state index is 3.26. The molecule has 94 valence electrons. The van der Waals surface area contributed by atoms with Crippen LogP contribution in [0.4, 0.5) is 0 Å².